The third kappa shape index (κ3) is 5.89. The minimum absolute atomic E-state index is 0.0327. The molecule has 0 saturated heterocycles. The van der Waals surface area contributed by atoms with Gasteiger partial charge in [0.15, 0.2) is 0 Å². The second-order valence-electron chi connectivity index (χ2n) is 8.64. The Balaban J connectivity index is 1.59. The first-order valence-corrected chi connectivity index (χ1v) is 13.0. The Bertz CT molecular complexity index is 1540. The Kier molecular flexibility index (Phi) is 7.71. The molecule has 0 atom stereocenters. The molecule has 0 aliphatic carbocycles. The number of carbonyl (C=O) groups is 1. The molecule has 0 aromatic heterocycles. The number of anilines is 1. The van der Waals surface area contributed by atoms with Gasteiger partial charge >= 0.3 is 12.4 Å². The number of hydrogen-bond donors (Lipinski definition) is 1. The summed E-state index contributed by atoms with van der Waals surface area (Å²) >= 11 is 6.22. The first kappa shape index (κ1) is 28.8. The molecular formula is C25H18ClF7N2O3S. The van der Waals surface area contributed by atoms with Gasteiger partial charge in [0.1, 0.15) is 5.82 Å². The van der Waals surface area contributed by atoms with Gasteiger partial charge in [0, 0.05) is 13.1 Å². The van der Waals surface area contributed by atoms with Crippen molar-refractivity contribution in [2.75, 3.05) is 11.9 Å². The van der Waals surface area contributed by atoms with Crippen molar-refractivity contribution in [3.8, 4) is 0 Å². The summed E-state index contributed by atoms with van der Waals surface area (Å²) in [6, 6.07) is 9.15. The highest BCUT2D eigenvalue weighted by Gasteiger charge is 2.40. The largest absolute Gasteiger partial charge is 0.419 e. The molecule has 4 rings (SSSR count). The number of rotatable bonds is 5. The molecule has 14 heteroatoms. The SMILES string of the molecule is O=C(Cc1cccc(C(F)(F)F)c1F)Nc1c(Cl)ccc2c1CCN(S(=O)(=O)c1ccccc1C(F)(F)F)C2. The molecule has 1 amide bonds. The van der Waals surface area contributed by atoms with E-state index in [-0.39, 0.29) is 30.2 Å². The molecule has 5 nitrogen and oxygen atoms in total. The van der Waals surface area contributed by atoms with Crippen LogP contribution >= 0.6 is 11.6 Å². The summed E-state index contributed by atoms with van der Waals surface area (Å²) < 4.78 is 121. The fourth-order valence-electron chi connectivity index (χ4n) is 4.30. The highest BCUT2D eigenvalue weighted by Crippen LogP contribution is 2.38. The normalized spacial score (nSPS) is 14.7. The van der Waals surface area contributed by atoms with Gasteiger partial charge < -0.3 is 5.32 Å². The third-order valence-electron chi connectivity index (χ3n) is 6.13. The van der Waals surface area contributed by atoms with E-state index in [9.17, 15) is 43.9 Å². The first-order valence-electron chi connectivity index (χ1n) is 11.2. The summed E-state index contributed by atoms with van der Waals surface area (Å²) in [6.07, 6.45) is -10.6. The fraction of sp³-hybridized carbons (Fsp3) is 0.240. The standard InChI is InChI=1S/C25H18ClF7N2O3S/c26-19-9-8-15-13-35(39(37,38)20-7-2-1-5-17(20)24(28,29)30)11-10-16(15)23(19)34-21(36)12-14-4-3-6-18(22(14)27)25(31,32)33/h1-9H,10-13H2,(H,34,36). The third-order valence-corrected chi connectivity index (χ3v) is 8.35. The second-order valence-corrected chi connectivity index (χ2v) is 11.0. The van der Waals surface area contributed by atoms with Crippen molar-refractivity contribution in [2.24, 2.45) is 0 Å². The van der Waals surface area contributed by atoms with E-state index in [1.54, 1.807) is 0 Å². The second kappa shape index (κ2) is 10.4. The lowest BCUT2D eigenvalue weighted by molar-refractivity contribution is -0.140. The molecule has 0 radical (unpaired) electrons. The maximum absolute atomic E-state index is 14.4. The predicted molar refractivity (Wildman–Crippen MR) is 128 cm³/mol. The molecule has 1 heterocycles. The zero-order valence-corrected chi connectivity index (χ0v) is 21.2. The highest BCUT2D eigenvalue weighted by atomic mass is 35.5. The summed E-state index contributed by atoms with van der Waals surface area (Å²) in [5.41, 5.74) is -2.52. The van der Waals surface area contributed by atoms with Crippen LogP contribution in [0, 0.1) is 5.82 Å². The van der Waals surface area contributed by atoms with Gasteiger partial charge in [0.05, 0.1) is 33.2 Å². The first-order chi connectivity index (χ1) is 18.1. The van der Waals surface area contributed by atoms with Gasteiger partial charge in [-0.25, -0.2) is 12.8 Å². The van der Waals surface area contributed by atoms with Gasteiger partial charge in [0.2, 0.25) is 15.9 Å². The van der Waals surface area contributed by atoms with E-state index in [4.69, 9.17) is 11.6 Å². The summed E-state index contributed by atoms with van der Waals surface area (Å²) in [5.74, 6) is -2.46. The van der Waals surface area contributed by atoms with Crippen molar-refractivity contribution in [1.29, 1.82) is 0 Å². The average Bonchev–Trinajstić information content (AvgIpc) is 2.85. The summed E-state index contributed by atoms with van der Waals surface area (Å²) in [7, 11) is -4.57. The topological polar surface area (TPSA) is 66.5 Å². The molecule has 0 spiro atoms. The van der Waals surface area contributed by atoms with Gasteiger partial charge in [-0.1, -0.05) is 41.9 Å². The quantitative estimate of drug-likeness (QED) is 0.346. The molecule has 0 saturated carbocycles. The number of fused-ring (bicyclic) bond motifs is 1. The Morgan fingerprint density at radius 1 is 0.923 bits per heavy atom. The monoisotopic (exact) mass is 594 g/mol. The smallest absolute Gasteiger partial charge is 0.324 e. The minimum atomic E-state index is -4.95. The number of nitrogens with zero attached hydrogens (tertiary/aromatic N) is 1. The number of carbonyl (C=O) groups excluding carboxylic acids is 1. The van der Waals surface area contributed by atoms with Gasteiger partial charge in [-0.05, 0) is 47.4 Å². The number of halogens is 8. The lowest BCUT2D eigenvalue weighted by Crippen LogP contribution is -2.37. The van der Waals surface area contributed by atoms with Crippen LogP contribution in [0.3, 0.4) is 0 Å². The Morgan fingerprint density at radius 2 is 1.56 bits per heavy atom. The Hall–Kier alpha value is -3.16. The molecule has 1 aliphatic rings. The lowest BCUT2D eigenvalue weighted by atomic mass is 9.98. The molecule has 1 N–H and O–H groups in total. The van der Waals surface area contributed by atoms with Crippen LogP contribution in [0.1, 0.15) is 27.8 Å². The van der Waals surface area contributed by atoms with Crippen LogP contribution in [0.4, 0.5) is 36.4 Å². The van der Waals surface area contributed by atoms with Crippen molar-refractivity contribution >= 4 is 33.2 Å². The van der Waals surface area contributed by atoms with E-state index >= 15 is 0 Å². The van der Waals surface area contributed by atoms with E-state index < -0.39 is 62.1 Å². The number of alkyl halides is 6. The molecule has 0 unspecified atom stereocenters. The number of benzene rings is 3. The number of hydrogen-bond acceptors (Lipinski definition) is 3. The van der Waals surface area contributed by atoms with Crippen molar-refractivity contribution in [3.63, 3.8) is 0 Å². The zero-order valence-electron chi connectivity index (χ0n) is 19.6. The maximum Gasteiger partial charge on any atom is 0.419 e. The van der Waals surface area contributed by atoms with E-state index in [0.717, 1.165) is 28.6 Å². The summed E-state index contributed by atoms with van der Waals surface area (Å²) in [4.78, 5) is 11.7. The minimum Gasteiger partial charge on any atom is -0.324 e. The molecule has 208 valence electrons. The van der Waals surface area contributed by atoms with Gasteiger partial charge in [0.25, 0.3) is 0 Å². The van der Waals surface area contributed by atoms with Gasteiger partial charge in [-0.2, -0.15) is 30.6 Å². The van der Waals surface area contributed by atoms with Crippen LogP contribution in [0.5, 0.6) is 0 Å². The molecule has 0 fully saturated rings. The molecule has 3 aromatic carbocycles. The lowest BCUT2D eigenvalue weighted by Gasteiger charge is -2.30. The van der Waals surface area contributed by atoms with E-state index in [0.29, 0.717) is 23.3 Å². The van der Waals surface area contributed by atoms with Crippen LogP contribution in [-0.4, -0.2) is 25.2 Å². The average molecular weight is 595 g/mol. The van der Waals surface area contributed by atoms with E-state index in [1.165, 1.54) is 18.2 Å². The zero-order chi connectivity index (χ0) is 28.8. The van der Waals surface area contributed by atoms with Crippen LogP contribution < -0.4 is 5.32 Å². The number of amides is 1. The van der Waals surface area contributed by atoms with Crippen LogP contribution in [-0.2, 0) is 46.6 Å². The number of nitrogens with one attached hydrogen (secondary N) is 1. The predicted octanol–water partition coefficient (Wildman–Crippen LogP) is 6.44. The fourth-order valence-corrected chi connectivity index (χ4v) is 6.15. The maximum atomic E-state index is 14.4. The highest BCUT2D eigenvalue weighted by molar-refractivity contribution is 7.89. The Morgan fingerprint density at radius 3 is 2.23 bits per heavy atom. The van der Waals surface area contributed by atoms with E-state index in [1.807, 2.05) is 0 Å². The van der Waals surface area contributed by atoms with Crippen molar-refractivity contribution in [3.05, 3.63) is 93.3 Å². The molecule has 1 aliphatic heterocycles. The number of sulfonamides is 1. The van der Waals surface area contributed by atoms with Crippen molar-refractivity contribution < 1.29 is 43.9 Å². The van der Waals surface area contributed by atoms with Gasteiger partial charge in [-0.15, -0.1) is 0 Å². The van der Waals surface area contributed by atoms with Crippen LogP contribution in [0.25, 0.3) is 0 Å². The summed E-state index contributed by atoms with van der Waals surface area (Å²) in [5, 5.41) is 2.48. The van der Waals surface area contributed by atoms with Gasteiger partial charge in [-0.3, -0.25) is 4.79 Å². The molecule has 0 bridgehead atoms. The Labute approximate surface area is 223 Å². The van der Waals surface area contributed by atoms with Crippen molar-refractivity contribution in [1.82, 2.24) is 4.31 Å². The van der Waals surface area contributed by atoms with Crippen LogP contribution in [0.2, 0.25) is 5.02 Å². The van der Waals surface area contributed by atoms with Crippen LogP contribution in [0.15, 0.2) is 59.5 Å². The summed E-state index contributed by atoms with van der Waals surface area (Å²) in [6.45, 7) is -0.570. The molecular weight excluding hydrogens is 577 g/mol. The van der Waals surface area contributed by atoms with E-state index in [2.05, 4.69) is 5.32 Å². The molecule has 3 aromatic rings. The molecule has 39 heavy (non-hydrogen) atoms. The van der Waals surface area contributed by atoms with Crippen molar-refractivity contribution in [2.45, 2.75) is 36.6 Å².